The fraction of sp³-hybridized carbons (Fsp3) is 0.357. The highest BCUT2D eigenvalue weighted by atomic mass is 19.1. The topological polar surface area (TPSA) is 9.23 Å². The number of benzene rings is 1. The highest BCUT2D eigenvalue weighted by Crippen LogP contribution is 2.25. The molecule has 0 atom stereocenters. The van der Waals surface area contributed by atoms with Crippen LogP contribution in [0.25, 0.3) is 0 Å². The Kier molecular flexibility index (Phi) is 3.74. The largest absolute Gasteiger partial charge is 0.488 e. The molecule has 87 valence electrons. The third-order valence-electron chi connectivity index (χ3n) is 2.06. The van der Waals surface area contributed by atoms with Crippen LogP contribution >= 0.6 is 0 Å². The molecule has 0 aliphatic carbocycles. The van der Waals surface area contributed by atoms with Crippen molar-refractivity contribution < 1.29 is 9.13 Å². The number of halogens is 1. The summed E-state index contributed by atoms with van der Waals surface area (Å²) in [6.07, 6.45) is 1.70. The molecule has 0 aliphatic heterocycles. The minimum absolute atomic E-state index is 0.294. The van der Waals surface area contributed by atoms with Crippen molar-refractivity contribution in [2.24, 2.45) is 0 Å². The van der Waals surface area contributed by atoms with E-state index in [9.17, 15) is 4.39 Å². The lowest BCUT2D eigenvalue weighted by Crippen LogP contribution is -2.23. The summed E-state index contributed by atoms with van der Waals surface area (Å²) in [4.78, 5) is 0. The predicted molar refractivity (Wildman–Crippen MR) is 65.0 cm³/mol. The molecule has 0 aliphatic rings. The first-order chi connectivity index (χ1) is 7.31. The summed E-state index contributed by atoms with van der Waals surface area (Å²) in [7, 11) is 0. The zero-order valence-electron chi connectivity index (χ0n) is 10.3. The Hall–Kier alpha value is -1.31. The van der Waals surface area contributed by atoms with Gasteiger partial charge in [0, 0.05) is 12.0 Å². The van der Waals surface area contributed by atoms with E-state index < -0.39 is 0 Å². The van der Waals surface area contributed by atoms with Crippen molar-refractivity contribution in [3.05, 3.63) is 48.2 Å². The van der Waals surface area contributed by atoms with Gasteiger partial charge < -0.3 is 4.74 Å². The maximum atomic E-state index is 13.4. The van der Waals surface area contributed by atoms with Crippen LogP contribution in [0.5, 0.6) is 5.75 Å². The summed E-state index contributed by atoms with van der Waals surface area (Å²) in [5, 5.41) is 0. The second-order valence-electron chi connectivity index (χ2n) is 4.78. The van der Waals surface area contributed by atoms with Crippen molar-refractivity contribution in [1.82, 2.24) is 0 Å². The van der Waals surface area contributed by atoms with Crippen molar-refractivity contribution in [1.29, 1.82) is 0 Å². The van der Waals surface area contributed by atoms with Crippen LogP contribution in [0.15, 0.2) is 30.9 Å². The lowest BCUT2D eigenvalue weighted by Gasteiger charge is -2.22. The molecule has 2 heteroatoms. The molecule has 0 saturated heterocycles. The molecule has 0 unspecified atom stereocenters. The molecule has 0 spiro atoms. The van der Waals surface area contributed by atoms with Crippen LogP contribution in [-0.2, 0) is 0 Å². The Morgan fingerprint density at radius 1 is 1.31 bits per heavy atom. The van der Waals surface area contributed by atoms with Gasteiger partial charge in [0.25, 0.3) is 0 Å². The van der Waals surface area contributed by atoms with Crippen LogP contribution in [0.4, 0.5) is 4.39 Å². The third-order valence-corrected chi connectivity index (χ3v) is 2.06. The average Bonchev–Trinajstić information content (AvgIpc) is 2.12. The van der Waals surface area contributed by atoms with Crippen molar-refractivity contribution in [3.8, 4) is 5.75 Å². The van der Waals surface area contributed by atoms with Gasteiger partial charge in [-0.2, -0.15) is 0 Å². The molecule has 0 amide bonds. The van der Waals surface area contributed by atoms with Crippen molar-refractivity contribution >= 4 is 0 Å². The summed E-state index contributed by atoms with van der Waals surface area (Å²) in [5.74, 6) is 1.18. The van der Waals surface area contributed by atoms with Gasteiger partial charge in [0.15, 0.2) is 0 Å². The molecule has 1 aromatic carbocycles. The van der Waals surface area contributed by atoms with Crippen molar-refractivity contribution in [2.75, 3.05) is 0 Å². The van der Waals surface area contributed by atoms with E-state index >= 15 is 0 Å². The standard InChI is InChI=1S/C14H18FO/c1-6-10(2)11-7-12(15)9-13(8-11)16-14(3,4)5/h6-9H,1H2,2-5H3. The molecule has 0 saturated carbocycles. The molecule has 1 rings (SSSR count). The van der Waals surface area contributed by atoms with Gasteiger partial charge in [-0.3, -0.25) is 0 Å². The number of hydrogen-bond donors (Lipinski definition) is 0. The highest BCUT2D eigenvalue weighted by molar-refractivity contribution is 5.41. The van der Waals surface area contributed by atoms with E-state index in [2.05, 4.69) is 6.58 Å². The van der Waals surface area contributed by atoms with Gasteiger partial charge in [-0.05, 0) is 38.5 Å². The third kappa shape index (κ3) is 3.69. The number of ether oxygens (including phenoxy) is 1. The van der Waals surface area contributed by atoms with E-state index in [1.165, 1.54) is 12.1 Å². The van der Waals surface area contributed by atoms with Crippen molar-refractivity contribution in [2.45, 2.75) is 33.3 Å². The van der Waals surface area contributed by atoms with Crippen LogP contribution in [0.1, 0.15) is 33.3 Å². The van der Waals surface area contributed by atoms with Crippen LogP contribution in [-0.4, -0.2) is 5.60 Å². The molecular formula is C14H18FO. The first-order valence-corrected chi connectivity index (χ1v) is 5.28. The monoisotopic (exact) mass is 221 g/mol. The molecule has 0 fully saturated rings. The van der Waals surface area contributed by atoms with Gasteiger partial charge in [-0.25, -0.2) is 4.39 Å². The van der Waals surface area contributed by atoms with Crippen LogP contribution < -0.4 is 4.74 Å². The fourth-order valence-electron chi connectivity index (χ4n) is 1.32. The molecule has 0 heterocycles. The Morgan fingerprint density at radius 2 is 1.94 bits per heavy atom. The zero-order valence-corrected chi connectivity index (χ0v) is 10.3. The number of rotatable bonds is 3. The first-order valence-electron chi connectivity index (χ1n) is 5.28. The Balaban J connectivity index is 3.03. The molecule has 0 bridgehead atoms. The van der Waals surface area contributed by atoms with E-state index in [-0.39, 0.29) is 11.4 Å². The minimum Gasteiger partial charge on any atom is -0.488 e. The first kappa shape index (κ1) is 12.8. The van der Waals surface area contributed by atoms with E-state index in [0.29, 0.717) is 5.75 Å². The van der Waals surface area contributed by atoms with Crippen LogP contribution in [0, 0.1) is 11.7 Å². The van der Waals surface area contributed by atoms with Crippen LogP contribution in [0.2, 0.25) is 0 Å². The maximum Gasteiger partial charge on any atom is 0.127 e. The lowest BCUT2D eigenvalue weighted by molar-refractivity contribution is 0.130. The van der Waals surface area contributed by atoms with Gasteiger partial charge >= 0.3 is 0 Å². The second-order valence-corrected chi connectivity index (χ2v) is 4.78. The fourth-order valence-corrected chi connectivity index (χ4v) is 1.32. The summed E-state index contributed by atoms with van der Waals surface area (Å²) in [5.41, 5.74) is 0.474. The number of hydrogen-bond acceptors (Lipinski definition) is 1. The molecule has 1 aromatic rings. The SMILES string of the molecule is C=C[C](C)c1cc(F)cc(OC(C)(C)C)c1. The summed E-state index contributed by atoms with van der Waals surface area (Å²) in [6.45, 7) is 11.4. The number of allylic oxidation sites excluding steroid dienone is 1. The Labute approximate surface area is 96.9 Å². The van der Waals surface area contributed by atoms with E-state index in [1.807, 2.05) is 33.8 Å². The van der Waals surface area contributed by atoms with Crippen molar-refractivity contribution in [3.63, 3.8) is 0 Å². The highest BCUT2D eigenvalue weighted by Gasteiger charge is 2.14. The van der Waals surface area contributed by atoms with Gasteiger partial charge in [0.05, 0.1) is 0 Å². The Bertz CT molecular complexity index is 377. The normalized spacial score (nSPS) is 11.6. The van der Waals surface area contributed by atoms with E-state index in [0.717, 1.165) is 11.5 Å². The van der Waals surface area contributed by atoms with Gasteiger partial charge in [-0.15, -0.1) is 6.58 Å². The molecule has 0 N–H and O–H groups in total. The van der Waals surface area contributed by atoms with E-state index in [4.69, 9.17) is 4.74 Å². The molecule has 1 radical (unpaired) electrons. The van der Waals surface area contributed by atoms with E-state index in [1.54, 1.807) is 6.08 Å². The molecule has 1 nitrogen and oxygen atoms in total. The average molecular weight is 221 g/mol. The quantitative estimate of drug-likeness (QED) is 0.745. The van der Waals surface area contributed by atoms with Crippen LogP contribution in [0.3, 0.4) is 0 Å². The summed E-state index contributed by atoms with van der Waals surface area (Å²) >= 11 is 0. The Morgan fingerprint density at radius 3 is 2.44 bits per heavy atom. The molecular weight excluding hydrogens is 203 g/mol. The lowest BCUT2D eigenvalue weighted by atomic mass is 10.0. The smallest absolute Gasteiger partial charge is 0.127 e. The summed E-state index contributed by atoms with van der Waals surface area (Å²) in [6, 6.07) is 4.70. The molecule has 16 heavy (non-hydrogen) atoms. The van der Waals surface area contributed by atoms with Gasteiger partial charge in [-0.1, -0.05) is 13.0 Å². The van der Waals surface area contributed by atoms with Gasteiger partial charge in [0.1, 0.15) is 17.2 Å². The summed E-state index contributed by atoms with van der Waals surface area (Å²) < 4.78 is 19.0. The zero-order chi connectivity index (χ0) is 12.3. The minimum atomic E-state index is -0.326. The second kappa shape index (κ2) is 4.69. The van der Waals surface area contributed by atoms with Gasteiger partial charge in [0.2, 0.25) is 0 Å². The molecule has 0 aromatic heterocycles. The maximum absolute atomic E-state index is 13.4. The predicted octanol–water partition coefficient (Wildman–Crippen LogP) is 4.13.